The molecule has 0 heterocycles. The number of nitriles is 1. The molecule has 0 radical (unpaired) electrons. The Balaban J connectivity index is 3.18. The van der Waals surface area contributed by atoms with Crippen LogP contribution in [-0.2, 0) is 0 Å². The monoisotopic (exact) mass is 228 g/mol. The van der Waals surface area contributed by atoms with E-state index in [0.29, 0.717) is 5.56 Å². The molecule has 0 aromatic heterocycles. The second-order valence-corrected chi connectivity index (χ2v) is 4.89. The van der Waals surface area contributed by atoms with Crippen LogP contribution in [0.25, 0.3) is 0 Å². The van der Waals surface area contributed by atoms with Crippen LogP contribution in [0, 0.1) is 18.3 Å². The Kier molecular flexibility index (Phi) is 3.80. The topological polar surface area (TPSA) is 53.2 Å². The van der Waals surface area contributed by atoms with Crippen molar-refractivity contribution >= 4 is 11.5 Å². The zero-order valence-electron chi connectivity index (χ0n) is 10.6. The summed E-state index contributed by atoms with van der Waals surface area (Å²) in [5.41, 5.74) is 0.932. The first kappa shape index (κ1) is 13.1. The van der Waals surface area contributed by atoms with Crippen molar-refractivity contribution in [3.63, 3.8) is 0 Å². The number of ketones is 1. The molecule has 0 aliphatic rings. The van der Waals surface area contributed by atoms with Gasteiger partial charge in [-0.3, -0.25) is 9.79 Å². The van der Waals surface area contributed by atoms with E-state index in [1.165, 1.54) is 0 Å². The Hall–Kier alpha value is -1.95. The molecule has 88 valence electrons. The lowest BCUT2D eigenvalue weighted by atomic mass is 10.0. The van der Waals surface area contributed by atoms with Gasteiger partial charge in [0.05, 0.1) is 5.54 Å². The third kappa shape index (κ3) is 3.53. The minimum Gasteiger partial charge on any atom is -0.286 e. The molecular formula is C14H16N2O. The lowest BCUT2D eigenvalue weighted by molar-refractivity contribution is 0.106. The predicted octanol–water partition coefficient (Wildman–Crippen LogP) is 2.94. The highest BCUT2D eigenvalue weighted by atomic mass is 16.1. The third-order valence-electron chi connectivity index (χ3n) is 2.16. The van der Waals surface area contributed by atoms with E-state index in [9.17, 15) is 4.79 Å². The Bertz CT molecular complexity index is 502. The van der Waals surface area contributed by atoms with E-state index in [1.807, 2.05) is 45.9 Å². The van der Waals surface area contributed by atoms with Gasteiger partial charge in [-0.25, -0.2) is 0 Å². The zero-order chi connectivity index (χ0) is 13.1. The van der Waals surface area contributed by atoms with Crippen molar-refractivity contribution in [2.24, 2.45) is 4.99 Å². The van der Waals surface area contributed by atoms with E-state index in [4.69, 9.17) is 5.26 Å². The van der Waals surface area contributed by atoms with E-state index in [-0.39, 0.29) is 11.5 Å². The van der Waals surface area contributed by atoms with Gasteiger partial charge >= 0.3 is 0 Å². The summed E-state index contributed by atoms with van der Waals surface area (Å²) in [5, 5.41) is 9.01. The summed E-state index contributed by atoms with van der Waals surface area (Å²) < 4.78 is 0. The Labute approximate surface area is 102 Å². The number of Topliss-reactive ketones (excluding diaryl/α,β-unsaturated/α-hetero) is 1. The highest BCUT2D eigenvalue weighted by Gasteiger charge is 2.18. The van der Waals surface area contributed by atoms with E-state index in [1.54, 1.807) is 12.1 Å². The van der Waals surface area contributed by atoms with Gasteiger partial charge in [0.15, 0.2) is 5.71 Å². The van der Waals surface area contributed by atoms with Crippen molar-refractivity contribution in [1.82, 2.24) is 0 Å². The number of carbonyl (C=O) groups excluding carboxylic acids is 1. The number of rotatable bonds is 2. The van der Waals surface area contributed by atoms with Crippen LogP contribution in [0.4, 0.5) is 0 Å². The van der Waals surface area contributed by atoms with Crippen LogP contribution in [0.3, 0.4) is 0 Å². The van der Waals surface area contributed by atoms with Crippen LogP contribution in [0.2, 0.25) is 0 Å². The Morgan fingerprint density at radius 1 is 1.29 bits per heavy atom. The molecule has 1 rings (SSSR count). The molecule has 3 heteroatoms. The second kappa shape index (κ2) is 4.92. The van der Waals surface area contributed by atoms with E-state index in [0.717, 1.165) is 5.56 Å². The van der Waals surface area contributed by atoms with Crippen LogP contribution in [-0.4, -0.2) is 17.0 Å². The zero-order valence-corrected chi connectivity index (χ0v) is 10.6. The third-order valence-corrected chi connectivity index (χ3v) is 2.16. The van der Waals surface area contributed by atoms with Gasteiger partial charge in [0.25, 0.3) is 0 Å². The van der Waals surface area contributed by atoms with Gasteiger partial charge in [-0.05, 0) is 33.3 Å². The molecule has 17 heavy (non-hydrogen) atoms. The summed E-state index contributed by atoms with van der Waals surface area (Å²) in [5.74, 6) is -0.305. The maximum Gasteiger partial charge on any atom is 0.221 e. The number of hydrogen-bond donors (Lipinski definition) is 0. The smallest absolute Gasteiger partial charge is 0.221 e. The van der Waals surface area contributed by atoms with Crippen molar-refractivity contribution in [1.29, 1.82) is 5.26 Å². The van der Waals surface area contributed by atoms with Crippen LogP contribution in [0.5, 0.6) is 0 Å². The molecule has 0 saturated carbocycles. The Morgan fingerprint density at radius 2 is 1.88 bits per heavy atom. The molecule has 0 aliphatic carbocycles. The number of nitrogens with zero attached hydrogens (tertiary/aromatic N) is 2. The fourth-order valence-corrected chi connectivity index (χ4v) is 1.42. The average molecular weight is 228 g/mol. The van der Waals surface area contributed by atoms with Crippen molar-refractivity contribution < 1.29 is 4.79 Å². The summed E-state index contributed by atoms with van der Waals surface area (Å²) in [7, 11) is 0. The average Bonchev–Trinajstić information content (AvgIpc) is 2.24. The van der Waals surface area contributed by atoms with Crippen molar-refractivity contribution in [3.05, 3.63) is 35.4 Å². The molecule has 3 nitrogen and oxygen atoms in total. The summed E-state index contributed by atoms with van der Waals surface area (Å²) in [4.78, 5) is 16.3. The molecule has 1 aromatic rings. The van der Waals surface area contributed by atoms with E-state index in [2.05, 4.69) is 4.99 Å². The van der Waals surface area contributed by atoms with Gasteiger partial charge in [0.2, 0.25) is 5.78 Å². The molecule has 0 saturated heterocycles. The maximum atomic E-state index is 12.1. The first-order valence-corrected chi connectivity index (χ1v) is 5.45. The molecule has 0 bridgehead atoms. The fourth-order valence-electron chi connectivity index (χ4n) is 1.42. The summed E-state index contributed by atoms with van der Waals surface area (Å²) in [6, 6.07) is 9.09. The van der Waals surface area contributed by atoms with Gasteiger partial charge < -0.3 is 0 Å². The van der Waals surface area contributed by atoms with Gasteiger partial charge in [-0.15, -0.1) is 0 Å². The quantitative estimate of drug-likeness (QED) is 0.577. The molecule has 0 aliphatic heterocycles. The fraction of sp³-hybridized carbons (Fsp3) is 0.357. The normalized spacial score (nSPS) is 12.1. The SMILES string of the molecule is Cc1ccccc1C(=O)/C(C#N)=N/C(C)(C)C. The number of hydrogen-bond acceptors (Lipinski definition) is 3. The van der Waals surface area contributed by atoms with Crippen LogP contribution < -0.4 is 0 Å². The number of carbonyl (C=O) groups is 1. The van der Waals surface area contributed by atoms with Crippen molar-refractivity contribution in [3.8, 4) is 6.07 Å². The minimum atomic E-state index is -0.427. The Morgan fingerprint density at radius 3 is 2.35 bits per heavy atom. The highest BCUT2D eigenvalue weighted by molar-refractivity contribution is 6.51. The first-order chi connectivity index (χ1) is 7.85. The number of benzene rings is 1. The summed E-state index contributed by atoms with van der Waals surface area (Å²) in [6.07, 6.45) is 0. The second-order valence-electron chi connectivity index (χ2n) is 4.89. The van der Waals surface area contributed by atoms with Crippen molar-refractivity contribution in [2.75, 3.05) is 0 Å². The lowest BCUT2D eigenvalue weighted by Crippen LogP contribution is -2.20. The van der Waals surface area contributed by atoms with Gasteiger partial charge in [-0.1, -0.05) is 24.3 Å². The molecule has 0 atom stereocenters. The number of aryl methyl sites for hydroxylation is 1. The molecule has 0 fully saturated rings. The highest BCUT2D eigenvalue weighted by Crippen LogP contribution is 2.12. The van der Waals surface area contributed by atoms with Gasteiger partial charge in [0, 0.05) is 5.56 Å². The molecule has 0 unspecified atom stereocenters. The van der Waals surface area contributed by atoms with Gasteiger partial charge in [-0.2, -0.15) is 5.26 Å². The maximum absolute atomic E-state index is 12.1. The molecule has 0 spiro atoms. The van der Waals surface area contributed by atoms with Gasteiger partial charge in [0.1, 0.15) is 6.07 Å². The van der Waals surface area contributed by atoms with Crippen LogP contribution in [0.15, 0.2) is 29.3 Å². The molecule has 0 amide bonds. The molecule has 0 N–H and O–H groups in total. The molecule has 1 aromatic carbocycles. The van der Waals surface area contributed by atoms with Crippen LogP contribution >= 0.6 is 0 Å². The van der Waals surface area contributed by atoms with Crippen molar-refractivity contribution in [2.45, 2.75) is 33.2 Å². The molecular weight excluding hydrogens is 212 g/mol. The summed E-state index contributed by atoms with van der Waals surface area (Å²) >= 11 is 0. The van der Waals surface area contributed by atoms with Crippen LogP contribution in [0.1, 0.15) is 36.7 Å². The predicted molar refractivity (Wildman–Crippen MR) is 68.3 cm³/mol. The summed E-state index contributed by atoms with van der Waals surface area (Å²) in [6.45, 7) is 7.42. The standard InChI is InChI=1S/C14H16N2O/c1-10-7-5-6-8-11(10)13(17)12(9-15)16-14(2,3)4/h5-8H,1-4H3/b16-12+. The number of aliphatic imine (C=N–C) groups is 1. The largest absolute Gasteiger partial charge is 0.286 e. The van der Waals surface area contributed by atoms with E-state index >= 15 is 0 Å². The lowest BCUT2D eigenvalue weighted by Gasteiger charge is -2.12. The van der Waals surface area contributed by atoms with E-state index < -0.39 is 5.54 Å². The first-order valence-electron chi connectivity index (χ1n) is 5.45. The minimum absolute atomic E-state index is 0.0354.